The first-order valence-electron chi connectivity index (χ1n) is 19.8. The summed E-state index contributed by atoms with van der Waals surface area (Å²) in [5, 5.41) is 2.55. The second-order valence-electron chi connectivity index (χ2n) is 15.6. The van der Waals surface area contributed by atoms with Crippen molar-refractivity contribution >= 4 is 31.5 Å². The van der Waals surface area contributed by atoms with Gasteiger partial charge in [0.15, 0.2) is 17.5 Å². The molecule has 1 aliphatic rings. The molecule has 0 spiro atoms. The van der Waals surface area contributed by atoms with Crippen molar-refractivity contribution < 1.29 is 0 Å². The van der Waals surface area contributed by atoms with Gasteiger partial charge in [-0.2, -0.15) is 0 Å². The van der Waals surface area contributed by atoms with Crippen LogP contribution in [-0.2, 0) is 5.41 Å². The highest BCUT2D eigenvalue weighted by molar-refractivity contribution is 7.26. The molecule has 1 aliphatic carbocycles. The van der Waals surface area contributed by atoms with Crippen molar-refractivity contribution in [3.8, 4) is 78.7 Å². The lowest BCUT2D eigenvalue weighted by molar-refractivity contribution is 0.660. The number of fused-ring (bicyclic) bond motifs is 6. The Morgan fingerprint density at radius 3 is 1.43 bits per heavy atom. The van der Waals surface area contributed by atoms with Crippen LogP contribution in [0.3, 0.4) is 0 Å². The molecule has 274 valence electrons. The zero-order valence-electron chi connectivity index (χ0n) is 32.1. The van der Waals surface area contributed by atoms with Crippen LogP contribution in [0.1, 0.15) is 25.0 Å². The van der Waals surface area contributed by atoms with Gasteiger partial charge in [-0.05, 0) is 67.8 Å². The first-order valence-corrected chi connectivity index (χ1v) is 20.6. The number of nitrogens with zero attached hydrogens (tertiary/aromatic N) is 3. The lowest BCUT2D eigenvalue weighted by Crippen LogP contribution is -2.14. The largest absolute Gasteiger partial charge is 0.208 e. The third kappa shape index (κ3) is 5.68. The Morgan fingerprint density at radius 1 is 0.328 bits per heavy atom. The molecule has 10 aromatic rings. The van der Waals surface area contributed by atoms with E-state index in [1.807, 2.05) is 35.6 Å². The maximum absolute atomic E-state index is 5.11. The molecule has 2 heterocycles. The second kappa shape index (κ2) is 13.6. The molecule has 0 saturated carbocycles. The highest BCUT2D eigenvalue weighted by Gasteiger charge is 2.35. The van der Waals surface area contributed by atoms with Crippen molar-refractivity contribution in [3.63, 3.8) is 0 Å². The summed E-state index contributed by atoms with van der Waals surface area (Å²) < 4.78 is 2.58. The summed E-state index contributed by atoms with van der Waals surface area (Å²) in [6, 6.07) is 67.1. The minimum absolute atomic E-state index is 0.0532. The number of hydrogen-bond acceptors (Lipinski definition) is 4. The molecule has 0 unspecified atom stereocenters. The first kappa shape index (κ1) is 34.3. The fourth-order valence-corrected chi connectivity index (χ4v) is 10.1. The summed E-state index contributed by atoms with van der Waals surface area (Å²) >= 11 is 1.88. The molecule has 0 fully saturated rings. The third-order valence-electron chi connectivity index (χ3n) is 11.8. The Labute approximate surface area is 342 Å². The zero-order chi connectivity index (χ0) is 38.8. The zero-order valence-corrected chi connectivity index (χ0v) is 33.0. The van der Waals surface area contributed by atoms with E-state index in [1.165, 1.54) is 64.7 Å². The van der Waals surface area contributed by atoms with Crippen molar-refractivity contribution in [2.24, 2.45) is 0 Å². The summed E-state index contributed by atoms with van der Waals surface area (Å²) in [5.41, 5.74) is 15.5. The Balaban J connectivity index is 1.01. The smallest absolute Gasteiger partial charge is 0.164 e. The lowest BCUT2D eigenvalue weighted by atomic mass is 9.81. The standard InChI is InChI=1S/C54H37N3S/c1-54(2)47-25-10-9-20-43(47)44-31-30-39(33-48(44)54)42-22-13-24-46-45-23-12-21-41(49(45)58-50(42)46)38-18-11-19-40(32-38)53-56-51(36-16-7-4-8-17-36)55-52(57-53)37-28-26-35(27-29-37)34-14-5-3-6-15-34/h3-33H,1-2H3. The maximum atomic E-state index is 5.11. The Kier molecular flexibility index (Phi) is 8.02. The fraction of sp³-hybridized carbons (Fsp3) is 0.0556. The van der Waals surface area contributed by atoms with E-state index in [0.29, 0.717) is 17.5 Å². The molecule has 2 aromatic heterocycles. The quantitative estimate of drug-likeness (QED) is 0.169. The van der Waals surface area contributed by atoms with Gasteiger partial charge in [-0.1, -0.05) is 190 Å². The minimum atomic E-state index is -0.0532. The molecule has 0 bridgehead atoms. The number of thiophene rings is 1. The molecule has 0 aliphatic heterocycles. The summed E-state index contributed by atoms with van der Waals surface area (Å²) in [6.45, 7) is 4.71. The van der Waals surface area contributed by atoms with Crippen LogP contribution < -0.4 is 0 Å². The molecule has 8 aromatic carbocycles. The Bertz CT molecular complexity index is 3180. The van der Waals surface area contributed by atoms with Crippen LogP contribution in [-0.4, -0.2) is 15.0 Å². The number of aromatic nitrogens is 3. The van der Waals surface area contributed by atoms with Gasteiger partial charge < -0.3 is 0 Å². The highest BCUT2D eigenvalue weighted by Crippen LogP contribution is 2.51. The van der Waals surface area contributed by atoms with Crippen molar-refractivity contribution in [2.45, 2.75) is 19.3 Å². The molecule has 0 N–H and O–H groups in total. The summed E-state index contributed by atoms with van der Waals surface area (Å²) in [7, 11) is 0. The van der Waals surface area contributed by atoms with Crippen LogP contribution >= 0.6 is 11.3 Å². The van der Waals surface area contributed by atoms with E-state index < -0.39 is 0 Å². The normalized spacial score (nSPS) is 12.8. The van der Waals surface area contributed by atoms with Crippen molar-refractivity contribution in [2.75, 3.05) is 0 Å². The van der Waals surface area contributed by atoms with Gasteiger partial charge >= 0.3 is 0 Å². The number of benzene rings is 8. The first-order chi connectivity index (χ1) is 28.5. The molecule has 0 atom stereocenters. The highest BCUT2D eigenvalue weighted by atomic mass is 32.1. The molecule has 0 radical (unpaired) electrons. The van der Waals surface area contributed by atoms with Crippen LogP contribution in [0.2, 0.25) is 0 Å². The van der Waals surface area contributed by atoms with Crippen molar-refractivity contribution in [1.29, 1.82) is 0 Å². The van der Waals surface area contributed by atoms with Gasteiger partial charge in [0, 0.05) is 42.3 Å². The Morgan fingerprint density at radius 2 is 0.759 bits per heavy atom. The van der Waals surface area contributed by atoms with E-state index in [9.17, 15) is 0 Å². The van der Waals surface area contributed by atoms with Crippen molar-refractivity contribution in [3.05, 3.63) is 199 Å². The van der Waals surface area contributed by atoms with Gasteiger partial charge in [-0.15, -0.1) is 11.3 Å². The minimum Gasteiger partial charge on any atom is -0.208 e. The molecule has 58 heavy (non-hydrogen) atoms. The molecule has 0 amide bonds. The summed E-state index contributed by atoms with van der Waals surface area (Å²) in [5.74, 6) is 1.94. The van der Waals surface area contributed by atoms with Gasteiger partial charge in [0.2, 0.25) is 0 Å². The fourth-order valence-electron chi connectivity index (χ4n) is 8.77. The lowest BCUT2D eigenvalue weighted by Gasteiger charge is -2.22. The van der Waals surface area contributed by atoms with Crippen LogP contribution in [0.4, 0.5) is 0 Å². The molecule has 0 saturated heterocycles. The average molecular weight is 760 g/mol. The third-order valence-corrected chi connectivity index (χ3v) is 13.1. The molecule has 4 heteroatoms. The maximum Gasteiger partial charge on any atom is 0.164 e. The summed E-state index contributed by atoms with van der Waals surface area (Å²) in [4.78, 5) is 15.2. The predicted octanol–water partition coefficient (Wildman–Crippen LogP) is 14.5. The second-order valence-corrected chi connectivity index (χ2v) is 16.6. The number of hydrogen-bond donors (Lipinski definition) is 0. The van der Waals surface area contributed by atoms with Gasteiger partial charge in [0.05, 0.1) is 0 Å². The number of rotatable bonds is 6. The monoisotopic (exact) mass is 759 g/mol. The molecular weight excluding hydrogens is 723 g/mol. The van der Waals surface area contributed by atoms with Crippen LogP contribution in [0.5, 0.6) is 0 Å². The van der Waals surface area contributed by atoms with E-state index in [1.54, 1.807) is 0 Å². The van der Waals surface area contributed by atoms with E-state index in [2.05, 4.69) is 178 Å². The molecule has 3 nitrogen and oxygen atoms in total. The topological polar surface area (TPSA) is 38.7 Å². The molecular formula is C54H37N3S. The van der Waals surface area contributed by atoms with E-state index >= 15 is 0 Å². The average Bonchev–Trinajstić information content (AvgIpc) is 3.79. The van der Waals surface area contributed by atoms with Gasteiger partial charge in [-0.3, -0.25) is 0 Å². The SMILES string of the molecule is CC1(C)c2ccccc2-c2ccc(-c3cccc4c3sc3c(-c5cccc(-c6nc(-c7ccccc7)nc(-c7ccc(-c8ccccc8)cc7)n6)c5)cccc34)cc21. The van der Waals surface area contributed by atoms with Crippen LogP contribution in [0.25, 0.3) is 98.8 Å². The summed E-state index contributed by atoms with van der Waals surface area (Å²) in [6.07, 6.45) is 0. The van der Waals surface area contributed by atoms with E-state index in [4.69, 9.17) is 15.0 Å². The van der Waals surface area contributed by atoms with E-state index in [-0.39, 0.29) is 5.41 Å². The van der Waals surface area contributed by atoms with Crippen LogP contribution in [0.15, 0.2) is 188 Å². The van der Waals surface area contributed by atoms with Gasteiger partial charge in [0.25, 0.3) is 0 Å². The Hall–Kier alpha value is -7.01. The van der Waals surface area contributed by atoms with Crippen LogP contribution in [0, 0.1) is 0 Å². The van der Waals surface area contributed by atoms with Gasteiger partial charge in [-0.25, -0.2) is 15.0 Å². The van der Waals surface area contributed by atoms with Crippen molar-refractivity contribution in [1.82, 2.24) is 15.0 Å². The molecule has 11 rings (SSSR count). The predicted molar refractivity (Wildman–Crippen MR) is 243 cm³/mol. The van der Waals surface area contributed by atoms with Gasteiger partial charge in [0.1, 0.15) is 0 Å². The van der Waals surface area contributed by atoms with E-state index in [0.717, 1.165) is 27.8 Å².